The van der Waals surface area contributed by atoms with Crippen LogP contribution in [-0.2, 0) is 11.8 Å². The molecule has 4 nitrogen and oxygen atoms in total. The van der Waals surface area contributed by atoms with E-state index in [1.165, 1.54) is 11.1 Å². The number of H-pyrrole nitrogens is 1. The summed E-state index contributed by atoms with van der Waals surface area (Å²) < 4.78 is 2.42. The lowest BCUT2D eigenvalue weighted by Gasteiger charge is -2.44. The largest absolute Gasteiger partial charge is 0.379 e. The van der Waals surface area contributed by atoms with Crippen molar-refractivity contribution in [1.82, 2.24) is 14.4 Å². The van der Waals surface area contributed by atoms with Gasteiger partial charge >= 0.3 is 0 Å². The van der Waals surface area contributed by atoms with Crippen LogP contribution in [0, 0.1) is 0 Å². The third kappa shape index (κ3) is 4.04. The smallest absolute Gasteiger partial charge is 0.215 e. The molecule has 0 fully saturated rings. The number of nitrogens with one attached hydrogen (secondary N) is 1. The number of benzene rings is 2. The molecule has 0 aliphatic heterocycles. The molecule has 38 heavy (non-hydrogen) atoms. The van der Waals surface area contributed by atoms with Gasteiger partial charge < -0.3 is 4.23 Å². The van der Waals surface area contributed by atoms with Crippen molar-refractivity contribution < 1.29 is 4.79 Å². The van der Waals surface area contributed by atoms with Gasteiger partial charge in [0, 0.05) is 34.9 Å². The molecule has 4 aromatic rings. The molecular weight excluding hydrogens is 482 g/mol. The minimum atomic E-state index is -1.91. The Labute approximate surface area is 227 Å². The predicted octanol–water partition coefficient (Wildman–Crippen LogP) is 8.02. The summed E-state index contributed by atoms with van der Waals surface area (Å²) in [4.78, 5) is 13.8. The number of nitrogens with zero attached hydrogens (tertiary/aromatic N) is 2. The molecule has 0 spiro atoms. The van der Waals surface area contributed by atoms with Crippen LogP contribution in [0.2, 0.25) is 16.6 Å². The van der Waals surface area contributed by atoms with Crippen molar-refractivity contribution in [3.8, 4) is 0 Å². The maximum absolute atomic E-state index is 13.8. The van der Waals surface area contributed by atoms with Crippen LogP contribution >= 0.6 is 0 Å². The van der Waals surface area contributed by atoms with Gasteiger partial charge in [0.15, 0.2) is 8.24 Å². The van der Waals surface area contributed by atoms with Gasteiger partial charge in [0.2, 0.25) is 5.78 Å². The molecule has 0 saturated heterocycles. The quantitative estimate of drug-likeness (QED) is 0.188. The number of hydrogen-bond donors (Lipinski definition) is 1. The average molecular weight is 522 g/mol. The first kappa shape index (κ1) is 26.2. The number of carbonyl (C=O) groups excluding carboxylic acids is 1. The van der Waals surface area contributed by atoms with Crippen molar-refractivity contribution in [2.45, 2.75) is 70.0 Å². The van der Waals surface area contributed by atoms with Crippen LogP contribution in [0.4, 0.5) is 0 Å². The lowest BCUT2D eigenvalue weighted by molar-refractivity contribution is 0.103. The molecule has 1 N–H and O–H groups in total. The second-order valence-electron chi connectivity index (χ2n) is 11.7. The van der Waals surface area contributed by atoms with Crippen LogP contribution in [0.1, 0.15) is 80.0 Å². The van der Waals surface area contributed by atoms with E-state index in [0.29, 0.717) is 22.3 Å². The molecule has 2 heterocycles. The Morgan fingerprint density at radius 2 is 1.42 bits per heavy atom. The van der Waals surface area contributed by atoms with Crippen molar-refractivity contribution in [3.63, 3.8) is 0 Å². The molecule has 2 aromatic carbocycles. The fraction of sp³-hybridized carbons (Fsp3) is 0.333. The molecule has 196 valence electrons. The van der Waals surface area contributed by atoms with Crippen molar-refractivity contribution in [2.24, 2.45) is 0 Å². The van der Waals surface area contributed by atoms with E-state index in [2.05, 4.69) is 141 Å². The fourth-order valence-corrected chi connectivity index (χ4v) is 13.8. The zero-order valence-corrected chi connectivity index (χ0v) is 24.4. The van der Waals surface area contributed by atoms with E-state index < -0.39 is 8.24 Å². The fourth-order valence-electron chi connectivity index (χ4n) is 7.27. The monoisotopic (exact) mass is 521 g/mol. The summed E-state index contributed by atoms with van der Waals surface area (Å²) in [5, 5.41) is 7.82. The number of fused-ring (bicyclic) bond motifs is 1. The summed E-state index contributed by atoms with van der Waals surface area (Å²) in [6, 6.07) is 23.2. The standard InChI is InChI=1S/C33H39N3OSi/c1-23(2)38(24(3)4,25(5)6)36-20-18-26(22-36)32(37)31-29-17-19-33(21-30(29)34-35-31,27-13-9-7-10-14-27)28-15-11-8-12-16-28/h7-20,22-25H,21H2,1-6H3,(H,34,35). The van der Waals surface area contributed by atoms with Crippen molar-refractivity contribution >= 4 is 20.1 Å². The highest BCUT2D eigenvalue weighted by atomic mass is 28.3. The second kappa shape index (κ2) is 10.0. The Hall–Kier alpha value is -3.44. The SMILES string of the molecule is CC(C)[Si](C(C)C)(C(C)C)n1ccc(C(=O)c2n[nH]c3c2C=CC(c2ccccc2)(c2ccccc2)C3)c1. The van der Waals surface area contributed by atoms with Crippen molar-refractivity contribution in [1.29, 1.82) is 0 Å². The normalized spacial score (nSPS) is 14.9. The number of allylic oxidation sites excluding steroid dienone is 1. The lowest BCUT2D eigenvalue weighted by Crippen LogP contribution is -2.51. The van der Waals surface area contributed by atoms with Gasteiger partial charge in [-0.2, -0.15) is 5.10 Å². The minimum Gasteiger partial charge on any atom is -0.379 e. The number of aromatic amines is 1. The molecule has 0 amide bonds. The molecule has 1 aliphatic rings. The summed E-state index contributed by atoms with van der Waals surface area (Å²) in [7, 11) is -1.91. The van der Waals surface area contributed by atoms with E-state index in [9.17, 15) is 4.79 Å². The van der Waals surface area contributed by atoms with E-state index in [1.807, 2.05) is 6.07 Å². The van der Waals surface area contributed by atoms with Crippen LogP contribution in [0.25, 0.3) is 6.08 Å². The molecule has 0 saturated carbocycles. The Morgan fingerprint density at radius 1 is 0.868 bits per heavy atom. The molecule has 1 aliphatic carbocycles. The summed E-state index contributed by atoms with van der Waals surface area (Å²) >= 11 is 0. The summed E-state index contributed by atoms with van der Waals surface area (Å²) in [6.07, 6.45) is 9.32. The summed E-state index contributed by atoms with van der Waals surface area (Å²) in [6.45, 7) is 14.0. The zero-order valence-electron chi connectivity index (χ0n) is 23.4. The van der Waals surface area contributed by atoms with Crippen LogP contribution in [0.5, 0.6) is 0 Å². The molecular formula is C33H39N3OSi. The highest BCUT2D eigenvalue weighted by Gasteiger charge is 2.45. The van der Waals surface area contributed by atoms with Gasteiger partial charge in [-0.3, -0.25) is 9.89 Å². The molecule has 5 rings (SSSR count). The van der Waals surface area contributed by atoms with Crippen LogP contribution in [0.3, 0.4) is 0 Å². The topological polar surface area (TPSA) is 50.7 Å². The number of ketones is 1. The van der Waals surface area contributed by atoms with E-state index in [1.54, 1.807) is 0 Å². The Morgan fingerprint density at radius 3 is 1.95 bits per heavy atom. The zero-order chi connectivity index (χ0) is 27.1. The second-order valence-corrected chi connectivity index (χ2v) is 17.4. The minimum absolute atomic E-state index is 0.0167. The van der Waals surface area contributed by atoms with Gasteiger partial charge in [0.25, 0.3) is 0 Å². The van der Waals surface area contributed by atoms with Crippen molar-refractivity contribution in [3.05, 3.63) is 119 Å². The molecule has 0 bridgehead atoms. The van der Waals surface area contributed by atoms with E-state index in [-0.39, 0.29) is 11.2 Å². The van der Waals surface area contributed by atoms with Crippen molar-refractivity contribution in [2.75, 3.05) is 0 Å². The number of rotatable bonds is 8. The van der Waals surface area contributed by atoms with E-state index >= 15 is 0 Å². The molecule has 2 aromatic heterocycles. The van der Waals surface area contributed by atoms with Gasteiger partial charge in [-0.15, -0.1) is 0 Å². The highest BCUT2D eigenvalue weighted by Crippen LogP contribution is 2.44. The van der Waals surface area contributed by atoms with Gasteiger partial charge in [-0.1, -0.05) is 114 Å². The molecule has 0 unspecified atom stereocenters. The average Bonchev–Trinajstić information content (AvgIpc) is 3.56. The number of aromatic nitrogens is 3. The van der Waals surface area contributed by atoms with E-state index in [0.717, 1.165) is 23.2 Å². The molecule has 5 heteroatoms. The van der Waals surface area contributed by atoms with Crippen LogP contribution in [-0.4, -0.2) is 28.4 Å². The first-order chi connectivity index (χ1) is 18.2. The van der Waals surface area contributed by atoms with Gasteiger partial charge in [-0.05, 0) is 40.0 Å². The number of carbonyl (C=O) groups is 1. The van der Waals surface area contributed by atoms with Crippen LogP contribution < -0.4 is 0 Å². The Kier molecular flexibility index (Phi) is 6.91. The number of hydrogen-bond acceptors (Lipinski definition) is 2. The maximum Gasteiger partial charge on any atom is 0.215 e. The lowest BCUT2D eigenvalue weighted by atomic mass is 9.68. The predicted molar refractivity (Wildman–Crippen MR) is 159 cm³/mol. The Balaban J connectivity index is 1.53. The molecule has 0 atom stereocenters. The molecule has 0 radical (unpaired) electrons. The third-order valence-electron chi connectivity index (χ3n) is 8.84. The van der Waals surface area contributed by atoms with Crippen LogP contribution in [0.15, 0.2) is 85.2 Å². The first-order valence-corrected chi connectivity index (χ1v) is 16.0. The third-order valence-corrected chi connectivity index (χ3v) is 15.6. The summed E-state index contributed by atoms with van der Waals surface area (Å²) in [5.41, 5.74) is 6.94. The van der Waals surface area contributed by atoms with E-state index in [4.69, 9.17) is 0 Å². The van der Waals surface area contributed by atoms with Gasteiger partial charge in [-0.25, -0.2) is 0 Å². The highest BCUT2D eigenvalue weighted by molar-refractivity contribution is 6.82. The summed E-state index contributed by atoms with van der Waals surface area (Å²) in [5.74, 6) is -0.0167. The van der Waals surface area contributed by atoms with Gasteiger partial charge in [0.05, 0.1) is 0 Å². The Bertz CT molecular complexity index is 1380. The first-order valence-electron chi connectivity index (χ1n) is 13.8. The maximum atomic E-state index is 13.8. The van der Waals surface area contributed by atoms with Gasteiger partial charge in [0.1, 0.15) is 5.69 Å².